The summed E-state index contributed by atoms with van der Waals surface area (Å²) in [6.07, 6.45) is 6.70. The van der Waals surface area contributed by atoms with Crippen molar-refractivity contribution in [2.45, 2.75) is 61.6 Å². The Balaban J connectivity index is 1.31. The van der Waals surface area contributed by atoms with E-state index >= 15 is 0 Å². The summed E-state index contributed by atoms with van der Waals surface area (Å²) in [7, 11) is -3.53. The fourth-order valence-corrected chi connectivity index (χ4v) is 10.2. The third kappa shape index (κ3) is 3.36. The molecule has 5 fully saturated rings. The first-order valence-electron chi connectivity index (χ1n) is 11.2. The Morgan fingerprint density at radius 1 is 1.03 bits per heavy atom. The van der Waals surface area contributed by atoms with Crippen molar-refractivity contribution in [1.82, 2.24) is 9.21 Å². The zero-order valence-corrected chi connectivity index (χ0v) is 20.3. The molecule has 0 aromatic heterocycles. The highest BCUT2D eigenvalue weighted by molar-refractivity contribution is 9.10. The zero-order chi connectivity index (χ0) is 21.3. The number of aryl methyl sites for hydroxylation is 2. The summed E-state index contributed by atoms with van der Waals surface area (Å²) in [5, 5.41) is 0. The standard InChI is InChI=1S/C23H31BrN2O3S/c1-16-3-4-17(2)20(9-16)30(28,29)26-7-5-25(6-8-26)21(27)22-11-18-10-19(12-22)14-23(24,13-18)15-22/h3-4,9,18-19H,5-8,10-15H2,1-2H3. The van der Waals surface area contributed by atoms with Crippen LogP contribution in [0.15, 0.2) is 23.1 Å². The van der Waals surface area contributed by atoms with Gasteiger partial charge in [-0.05, 0) is 81.4 Å². The van der Waals surface area contributed by atoms with Crippen molar-refractivity contribution in [3.63, 3.8) is 0 Å². The van der Waals surface area contributed by atoms with Gasteiger partial charge in [0.25, 0.3) is 0 Å². The lowest BCUT2D eigenvalue weighted by molar-refractivity contribution is -0.156. The molecule has 2 unspecified atom stereocenters. The highest BCUT2D eigenvalue weighted by Crippen LogP contribution is 2.64. The Kier molecular flexibility index (Phi) is 4.92. The van der Waals surface area contributed by atoms with Crippen LogP contribution in [0.1, 0.15) is 49.7 Å². The molecule has 1 aromatic carbocycles. The summed E-state index contributed by atoms with van der Waals surface area (Å²) in [4.78, 5) is 16.0. The third-order valence-corrected chi connectivity index (χ3v) is 10.9. The van der Waals surface area contributed by atoms with Crippen LogP contribution >= 0.6 is 15.9 Å². The van der Waals surface area contributed by atoms with Crippen LogP contribution in [0.2, 0.25) is 0 Å². The molecule has 5 nitrogen and oxygen atoms in total. The molecule has 5 aliphatic rings. The molecule has 164 valence electrons. The van der Waals surface area contributed by atoms with Crippen LogP contribution in [0, 0.1) is 31.1 Å². The van der Waals surface area contributed by atoms with E-state index in [2.05, 4.69) is 15.9 Å². The van der Waals surface area contributed by atoms with Gasteiger partial charge in [0.1, 0.15) is 0 Å². The Morgan fingerprint density at radius 3 is 2.27 bits per heavy atom. The summed E-state index contributed by atoms with van der Waals surface area (Å²) in [5.74, 6) is 1.62. The summed E-state index contributed by atoms with van der Waals surface area (Å²) in [6.45, 7) is 5.50. The number of benzene rings is 1. The number of alkyl halides is 1. The lowest BCUT2D eigenvalue weighted by Gasteiger charge is -2.60. The van der Waals surface area contributed by atoms with Gasteiger partial charge in [0.05, 0.1) is 10.3 Å². The van der Waals surface area contributed by atoms with Crippen LogP contribution in [0.3, 0.4) is 0 Å². The number of amides is 1. The van der Waals surface area contributed by atoms with Gasteiger partial charge in [0.2, 0.25) is 15.9 Å². The number of rotatable bonds is 3. The van der Waals surface area contributed by atoms with Gasteiger partial charge in [0, 0.05) is 30.5 Å². The molecule has 4 saturated carbocycles. The predicted molar refractivity (Wildman–Crippen MR) is 120 cm³/mol. The number of carbonyl (C=O) groups is 1. The molecule has 4 bridgehead atoms. The van der Waals surface area contributed by atoms with E-state index in [0.29, 0.717) is 42.9 Å². The monoisotopic (exact) mass is 494 g/mol. The minimum atomic E-state index is -3.53. The molecule has 0 radical (unpaired) electrons. The quantitative estimate of drug-likeness (QED) is 0.599. The van der Waals surface area contributed by atoms with E-state index in [0.717, 1.165) is 30.4 Å². The molecular weight excluding hydrogens is 464 g/mol. The second-order valence-electron chi connectivity index (χ2n) is 10.4. The van der Waals surface area contributed by atoms with E-state index in [-0.39, 0.29) is 15.6 Å². The molecule has 0 N–H and O–H groups in total. The van der Waals surface area contributed by atoms with Gasteiger partial charge < -0.3 is 4.90 Å². The van der Waals surface area contributed by atoms with E-state index in [1.54, 1.807) is 10.4 Å². The molecule has 1 aromatic rings. The van der Waals surface area contributed by atoms with E-state index < -0.39 is 10.0 Å². The molecule has 30 heavy (non-hydrogen) atoms. The fraction of sp³-hybridized carbons (Fsp3) is 0.696. The van der Waals surface area contributed by atoms with Crippen molar-refractivity contribution in [2.75, 3.05) is 26.2 Å². The summed E-state index contributed by atoms with van der Waals surface area (Å²) >= 11 is 4.00. The highest BCUT2D eigenvalue weighted by Gasteiger charge is 2.60. The van der Waals surface area contributed by atoms with Crippen molar-refractivity contribution in [3.05, 3.63) is 29.3 Å². The lowest BCUT2D eigenvalue weighted by Crippen LogP contribution is -2.61. The van der Waals surface area contributed by atoms with Crippen LogP contribution in [-0.4, -0.2) is 54.0 Å². The first-order valence-corrected chi connectivity index (χ1v) is 13.4. The summed E-state index contributed by atoms with van der Waals surface area (Å²) in [6, 6.07) is 5.56. The molecule has 0 spiro atoms. The predicted octanol–water partition coefficient (Wildman–Crippen LogP) is 3.87. The molecule has 1 saturated heterocycles. The third-order valence-electron chi connectivity index (χ3n) is 7.93. The summed E-state index contributed by atoms with van der Waals surface area (Å²) < 4.78 is 28.1. The number of carbonyl (C=O) groups excluding carboxylic acids is 1. The van der Waals surface area contributed by atoms with Crippen molar-refractivity contribution in [1.29, 1.82) is 0 Å². The molecular formula is C23H31BrN2O3S. The maximum Gasteiger partial charge on any atom is 0.243 e. The van der Waals surface area contributed by atoms with Crippen LogP contribution in [0.4, 0.5) is 0 Å². The Bertz CT molecular complexity index is 970. The Morgan fingerprint density at radius 2 is 1.67 bits per heavy atom. The van der Waals surface area contributed by atoms with E-state index in [4.69, 9.17) is 0 Å². The molecule has 1 heterocycles. The molecule has 4 aliphatic carbocycles. The molecule has 1 aliphatic heterocycles. The minimum Gasteiger partial charge on any atom is -0.340 e. The molecule has 2 atom stereocenters. The largest absolute Gasteiger partial charge is 0.340 e. The van der Waals surface area contributed by atoms with Gasteiger partial charge in [-0.1, -0.05) is 28.1 Å². The number of sulfonamides is 1. The lowest BCUT2D eigenvalue weighted by atomic mass is 9.49. The van der Waals surface area contributed by atoms with Crippen LogP contribution < -0.4 is 0 Å². The van der Waals surface area contributed by atoms with Crippen molar-refractivity contribution < 1.29 is 13.2 Å². The average molecular weight is 495 g/mol. The number of hydrogen-bond acceptors (Lipinski definition) is 3. The van der Waals surface area contributed by atoms with Gasteiger partial charge >= 0.3 is 0 Å². The minimum absolute atomic E-state index is 0.153. The number of hydrogen-bond donors (Lipinski definition) is 0. The maximum absolute atomic E-state index is 13.7. The highest BCUT2D eigenvalue weighted by atomic mass is 79.9. The van der Waals surface area contributed by atoms with Gasteiger partial charge in [-0.15, -0.1) is 0 Å². The topological polar surface area (TPSA) is 57.7 Å². The van der Waals surface area contributed by atoms with Crippen LogP contribution in [0.25, 0.3) is 0 Å². The zero-order valence-electron chi connectivity index (χ0n) is 17.9. The van der Waals surface area contributed by atoms with Crippen LogP contribution in [0.5, 0.6) is 0 Å². The van der Waals surface area contributed by atoms with Crippen LogP contribution in [-0.2, 0) is 14.8 Å². The summed E-state index contributed by atoms with van der Waals surface area (Å²) in [5.41, 5.74) is 1.50. The number of piperazine rings is 1. The second-order valence-corrected chi connectivity index (χ2v) is 13.9. The Hall–Kier alpha value is -0.920. The van der Waals surface area contributed by atoms with Crippen molar-refractivity contribution in [2.24, 2.45) is 17.3 Å². The average Bonchev–Trinajstić information content (AvgIpc) is 2.67. The maximum atomic E-state index is 13.7. The fourth-order valence-electron chi connectivity index (χ4n) is 6.99. The van der Waals surface area contributed by atoms with E-state index in [9.17, 15) is 13.2 Å². The van der Waals surface area contributed by atoms with E-state index in [1.807, 2.05) is 30.9 Å². The van der Waals surface area contributed by atoms with Crippen molar-refractivity contribution >= 4 is 31.9 Å². The van der Waals surface area contributed by atoms with Gasteiger partial charge in [0.15, 0.2) is 0 Å². The van der Waals surface area contributed by atoms with Gasteiger partial charge in [-0.25, -0.2) is 8.42 Å². The normalized spacial score (nSPS) is 36.3. The first-order chi connectivity index (χ1) is 14.1. The molecule has 7 heteroatoms. The van der Waals surface area contributed by atoms with Crippen molar-refractivity contribution in [3.8, 4) is 0 Å². The number of nitrogens with zero attached hydrogens (tertiary/aromatic N) is 2. The van der Waals surface area contributed by atoms with Gasteiger partial charge in [-0.3, -0.25) is 4.79 Å². The molecule has 1 amide bonds. The SMILES string of the molecule is Cc1ccc(C)c(S(=O)(=O)N2CCN(C(=O)C34CC5CC(CC(Br)(C5)C3)C4)CC2)c1. The molecule has 6 rings (SSSR count). The number of halogens is 1. The smallest absolute Gasteiger partial charge is 0.243 e. The first kappa shape index (κ1) is 21.0. The Labute approximate surface area is 188 Å². The van der Waals surface area contributed by atoms with Gasteiger partial charge in [-0.2, -0.15) is 4.31 Å². The van der Waals surface area contributed by atoms with E-state index in [1.165, 1.54) is 19.3 Å². The second kappa shape index (κ2) is 7.04.